The van der Waals surface area contributed by atoms with E-state index in [1.54, 1.807) is 41.4 Å². The minimum atomic E-state index is -4.82. The number of nitrogens with one attached hydrogen (secondary N) is 1. The van der Waals surface area contributed by atoms with Crippen molar-refractivity contribution < 1.29 is 22.7 Å². The summed E-state index contributed by atoms with van der Waals surface area (Å²) in [5.41, 5.74) is 10.9. The maximum absolute atomic E-state index is 13.4. The van der Waals surface area contributed by atoms with E-state index in [0.29, 0.717) is 41.4 Å². The van der Waals surface area contributed by atoms with Crippen molar-refractivity contribution in [2.45, 2.75) is 33.1 Å². The zero-order chi connectivity index (χ0) is 30.6. The van der Waals surface area contributed by atoms with Gasteiger partial charge in [0.05, 0.1) is 17.6 Å². The van der Waals surface area contributed by atoms with Gasteiger partial charge in [0.15, 0.2) is 0 Å². The first-order chi connectivity index (χ1) is 19.8. The van der Waals surface area contributed by atoms with Crippen LogP contribution in [0.4, 0.5) is 18.9 Å². The molecule has 1 aromatic heterocycles. The van der Waals surface area contributed by atoms with Gasteiger partial charge in [0, 0.05) is 67.5 Å². The molecule has 42 heavy (non-hydrogen) atoms. The van der Waals surface area contributed by atoms with E-state index in [1.165, 1.54) is 17.2 Å². The molecule has 1 amide bonds. The van der Waals surface area contributed by atoms with Crippen LogP contribution in [-0.4, -0.2) is 65.1 Å². The van der Waals surface area contributed by atoms with Crippen LogP contribution in [0.1, 0.15) is 40.0 Å². The molecule has 0 atom stereocenters. The summed E-state index contributed by atoms with van der Waals surface area (Å²) < 4.78 is 45.3. The minimum Gasteiger partial charge on any atom is -0.410 e. The number of halogens is 3. The molecule has 2 aliphatic rings. The number of rotatable bonds is 7. The SMILES string of the molecule is Cc1ccc(C(=O)NC2=CCC(OC(F)(F)F)=CC(N3CCCN(C)CC3)=C2)cc1N(N)/C=C(\N)c1cnn(C)c1C. The molecule has 5 N–H and O–H groups in total. The van der Waals surface area contributed by atoms with Gasteiger partial charge >= 0.3 is 6.36 Å². The van der Waals surface area contributed by atoms with E-state index in [1.807, 2.05) is 32.8 Å². The number of nitrogens with two attached hydrogens (primary N) is 2. The Balaban J connectivity index is 1.57. The van der Waals surface area contributed by atoms with Crippen molar-refractivity contribution in [1.82, 2.24) is 24.9 Å². The average molecular weight is 587 g/mol. The number of benzene rings is 1. The lowest BCUT2D eigenvalue weighted by Gasteiger charge is -2.24. The number of hydrogen-bond donors (Lipinski definition) is 3. The molecule has 1 aliphatic carbocycles. The average Bonchev–Trinajstić information content (AvgIpc) is 3.05. The Morgan fingerprint density at radius 3 is 2.60 bits per heavy atom. The number of ether oxygens (including phenoxy) is 1. The molecule has 4 rings (SSSR count). The van der Waals surface area contributed by atoms with Crippen LogP contribution in [0, 0.1) is 13.8 Å². The summed E-state index contributed by atoms with van der Waals surface area (Å²) in [7, 11) is 3.82. The first-order valence-electron chi connectivity index (χ1n) is 13.5. The molecule has 0 spiro atoms. The Hall–Kier alpha value is -4.23. The second-order valence-electron chi connectivity index (χ2n) is 10.4. The lowest BCUT2D eigenvalue weighted by atomic mass is 10.1. The quantitative estimate of drug-likeness (QED) is 0.333. The summed E-state index contributed by atoms with van der Waals surface area (Å²) in [5.74, 6) is 5.64. The third-order valence-electron chi connectivity index (χ3n) is 7.30. The van der Waals surface area contributed by atoms with E-state index in [0.717, 1.165) is 36.3 Å². The number of aryl methyl sites for hydroxylation is 2. The van der Waals surface area contributed by atoms with E-state index in [4.69, 9.17) is 11.6 Å². The molecule has 226 valence electrons. The van der Waals surface area contributed by atoms with Crippen molar-refractivity contribution in [1.29, 1.82) is 0 Å². The standard InChI is InChI=1S/C29H37F3N8O2/c1-19-6-7-21(14-27(19)40(34)18-26(33)25-17-35-38(4)20(25)2)28(41)36-22-8-9-24(42-29(30,31)32)16-23(15-22)39-11-5-10-37(3)12-13-39/h6-8,14-18H,5,9-13,33-34H2,1-4H3,(H,36,41)/b26-18-. The zero-order valence-electron chi connectivity index (χ0n) is 24.2. The van der Waals surface area contributed by atoms with Gasteiger partial charge in [-0.2, -0.15) is 5.10 Å². The number of carbonyl (C=O) groups excluding carboxylic acids is 1. The third kappa shape index (κ3) is 7.74. The lowest BCUT2D eigenvalue weighted by molar-refractivity contribution is -0.306. The van der Waals surface area contributed by atoms with Gasteiger partial charge in [-0.15, -0.1) is 13.2 Å². The number of aromatic nitrogens is 2. The van der Waals surface area contributed by atoms with Gasteiger partial charge in [0.2, 0.25) is 0 Å². The Morgan fingerprint density at radius 1 is 1.14 bits per heavy atom. The molecule has 13 heteroatoms. The first kappa shape index (κ1) is 30.7. The highest BCUT2D eigenvalue weighted by atomic mass is 19.4. The molecular weight excluding hydrogens is 549 g/mol. The minimum absolute atomic E-state index is 0.142. The Bertz CT molecular complexity index is 1440. The molecule has 0 radical (unpaired) electrons. The number of amides is 1. The summed E-state index contributed by atoms with van der Waals surface area (Å²) in [4.78, 5) is 17.5. The fourth-order valence-corrected chi connectivity index (χ4v) is 4.79. The van der Waals surface area contributed by atoms with Crippen LogP contribution in [0.25, 0.3) is 5.70 Å². The van der Waals surface area contributed by atoms with Crippen LogP contribution >= 0.6 is 0 Å². The Morgan fingerprint density at radius 2 is 1.90 bits per heavy atom. The van der Waals surface area contributed by atoms with Gasteiger partial charge in [-0.05, 0) is 63.7 Å². The molecule has 1 saturated heterocycles. The van der Waals surface area contributed by atoms with Crippen LogP contribution in [-0.2, 0) is 11.8 Å². The molecule has 1 aromatic carbocycles. The number of hydrogen-bond acceptors (Lipinski definition) is 8. The molecule has 1 aliphatic heterocycles. The summed E-state index contributed by atoms with van der Waals surface area (Å²) in [6, 6.07) is 5.05. The molecule has 1 fully saturated rings. The lowest BCUT2D eigenvalue weighted by Crippen LogP contribution is -2.29. The van der Waals surface area contributed by atoms with Crippen molar-refractivity contribution in [3.8, 4) is 0 Å². The molecular formula is C29H37F3N8O2. The maximum atomic E-state index is 13.4. The highest BCUT2D eigenvalue weighted by molar-refractivity contribution is 5.96. The normalized spacial score (nSPS) is 17.1. The predicted molar refractivity (Wildman–Crippen MR) is 155 cm³/mol. The molecule has 0 bridgehead atoms. The van der Waals surface area contributed by atoms with Crippen LogP contribution < -0.4 is 21.9 Å². The number of anilines is 1. The number of carbonyl (C=O) groups is 1. The third-order valence-corrected chi connectivity index (χ3v) is 7.30. The fraction of sp³-hybridized carbons (Fsp3) is 0.379. The highest BCUT2D eigenvalue weighted by Crippen LogP contribution is 2.28. The molecule has 2 heterocycles. The van der Waals surface area contributed by atoms with E-state index in [9.17, 15) is 18.0 Å². The van der Waals surface area contributed by atoms with Crippen LogP contribution in [0.2, 0.25) is 0 Å². The number of nitrogens with zero attached hydrogens (tertiary/aromatic N) is 5. The molecule has 0 saturated carbocycles. The van der Waals surface area contributed by atoms with Crippen molar-refractivity contribution in [3.63, 3.8) is 0 Å². The van der Waals surface area contributed by atoms with Crippen molar-refractivity contribution in [2.24, 2.45) is 18.6 Å². The van der Waals surface area contributed by atoms with Gasteiger partial charge in [-0.25, -0.2) is 5.84 Å². The Kier molecular flexibility index (Phi) is 9.32. The monoisotopic (exact) mass is 586 g/mol. The number of alkyl halides is 3. The summed E-state index contributed by atoms with van der Waals surface area (Å²) in [6.07, 6.45) is 3.68. The summed E-state index contributed by atoms with van der Waals surface area (Å²) >= 11 is 0. The second kappa shape index (κ2) is 12.7. The van der Waals surface area contributed by atoms with Crippen LogP contribution in [0.3, 0.4) is 0 Å². The van der Waals surface area contributed by atoms with Crippen molar-refractivity contribution in [2.75, 3.05) is 38.2 Å². The number of allylic oxidation sites excluding steroid dienone is 3. The first-order valence-corrected chi connectivity index (χ1v) is 13.5. The Labute approximate surface area is 243 Å². The van der Waals surface area contributed by atoms with E-state index >= 15 is 0 Å². The molecule has 0 unspecified atom stereocenters. The van der Waals surface area contributed by atoms with E-state index in [-0.39, 0.29) is 12.2 Å². The highest BCUT2D eigenvalue weighted by Gasteiger charge is 2.32. The van der Waals surface area contributed by atoms with Crippen molar-refractivity contribution in [3.05, 3.63) is 88.4 Å². The van der Waals surface area contributed by atoms with Crippen LogP contribution in [0.15, 0.2) is 66.0 Å². The summed E-state index contributed by atoms with van der Waals surface area (Å²) in [5, 5.41) is 8.39. The van der Waals surface area contributed by atoms with Gasteiger partial charge in [0.25, 0.3) is 5.91 Å². The molecule has 10 nitrogen and oxygen atoms in total. The van der Waals surface area contributed by atoms with Gasteiger partial charge < -0.3 is 25.6 Å². The smallest absolute Gasteiger partial charge is 0.410 e. The topological polar surface area (TPSA) is 118 Å². The molecule has 2 aromatic rings. The van der Waals surface area contributed by atoms with Gasteiger partial charge in [-0.3, -0.25) is 14.5 Å². The van der Waals surface area contributed by atoms with Gasteiger partial charge in [0.1, 0.15) is 5.76 Å². The summed E-state index contributed by atoms with van der Waals surface area (Å²) in [6.45, 7) is 6.67. The zero-order valence-corrected chi connectivity index (χ0v) is 24.2. The fourth-order valence-electron chi connectivity index (χ4n) is 4.79. The van der Waals surface area contributed by atoms with Crippen LogP contribution in [0.5, 0.6) is 0 Å². The van der Waals surface area contributed by atoms with E-state index in [2.05, 4.69) is 20.1 Å². The number of hydrazine groups is 1. The predicted octanol–water partition coefficient (Wildman–Crippen LogP) is 3.63. The second-order valence-corrected chi connectivity index (χ2v) is 10.4. The maximum Gasteiger partial charge on any atom is 0.572 e. The largest absolute Gasteiger partial charge is 0.572 e. The van der Waals surface area contributed by atoms with Crippen molar-refractivity contribution >= 4 is 17.3 Å². The van der Waals surface area contributed by atoms with E-state index < -0.39 is 12.3 Å². The number of likely N-dealkylation sites (N-methyl/N-ethyl adjacent to an activating group) is 1. The van der Waals surface area contributed by atoms with Gasteiger partial charge in [-0.1, -0.05) is 12.1 Å².